The second kappa shape index (κ2) is 62.6. The van der Waals surface area contributed by atoms with Gasteiger partial charge < -0.3 is 14.2 Å². The van der Waals surface area contributed by atoms with Crippen LogP contribution in [0, 0.1) is 0 Å². The lowest BCUT2D eigenvalue weighted by molar-refractivity contribution is -0.167. The molecule has 0 heterocycles. The molecule has 1 unspecified atom stereocenters. The third-order valence-electron chi connectivity index (χ3n) is 13.3. The Morgan fingerprint density at radius 2 is 0.520 bits per heavy atom. The van der Waals surface area contributed by atoms with Crippen LogP contribution in [0.15, 0.2) is 109 Å². The monoisotopic (exact) mass is 1040 g/mol. The number of ether oxygens (including phenoxy) is 3. The molecule has 0 aromatic heterocycles. The molecule has 0 aromatic rings. The van der Waals surface area contributed by atoms with E-state index >= 15 is 0 Å². The summed E-state index contributed by atoms with van der Waals surface area (Å²) < 4.78 is 16.7. The molecule has 0 spiro atoms. The van der Waals surface area contributed by atoms with Crippen molar-refractivity contribution >= 4 is 17.9 Å². The summed E-state index contributed by atoms with van der Waals surface area (Å²) in [6.07, 6.45) is 85.7. The molecule has 0 saturated heterocycles. The lowest BCUT2D eigenvalue weighted by atomic mass is 10.1. The minimum Gasteiger partial charge on any atom is -0.462 e. The molecule has 75 heavy (non-hydrogen) atoms. The number of carbonyl (C=O) groups is 3. The van der Waals surface area contributed by atoms with Gasteiger partial charge in [-0.25, -0.2) is 0 Å². The number of hydrogen-bond donors (Lipinski definition) is 0. The van der Waals surface area contributed by atoms with Gasteiger partial charge in [0, 0.05) is 19.3 Å². The van der Waals surface area contributed by atoms with E-state index in [4.69, 9.17) is 14.2 Å². The number of allylic oxidation sites excluding steroid dienone is 18. The average molecular weight is 1040 g/mol. The van der Waals surface area contributed by atoms with Crippen LogP contribution in [0.4, 0.5) is 0 Å². The van der Waals surface area contributed by atoms with Crippen molar-refractivity contribution in [1.82, 2.24) is 0 Å². The number of rotatable bonds is 56. The van der Waals surface area contributed by atoms with E-state index in [0.717, 1.165) is 116 Å². The highest BCUT2D eigenvalue weighted by atomic mass is 16.6. The molecule has 0 radical (unpaired) electrons. The van der Waals surface area contributed by atoms with Crippen LogP contribution in [0.25, 0.3) is 0 Å². The smallest absolute Gasteiger partial charge is 0.306 e. The van der Waals surface area contributed by atoms with Gasteiger partial charge in [0.2, 0.25) is 0 Å². The van der Waals surface area contributed by atoms with Gasteiger partial charge in [0.15, 0.2) is 6.10 Å². The van der Waals surface area contributed by atoms with Gasteiger partial charge in [-0.1, -0.05) is 271 Å². The van der Waals surface area contributed by atoms with Crippen LogP contribution in [0.3, 0.4) is 0 Å². The molecule has 6 nitrogen and oxygen atoms in total. The molecule has 0 bridgehead atoms. The molecule has 0 amide bonds. The third kappa shape index (κ3) is 60.8. The van der Waals surface area contributed by atoms with Gasteiger partial charge in [0.25, 0.3) is 0 Å². The topological polar surface area (TPSA) is 78.9 Å². The van der Waals surface area contributed by atoms with Gasteiger partial charge in [-0.15, -0.1) is 0 Å². The zero-order valence-electron chi connectivity index (χ0n) is 49.0. The molecule has 0 aliphatic carbocycles. The van der Waals surface area contributed by atoms with Crippen molar-refractivity contribution in [1.29, 1.82) is 0 Å². The molecule has 0 aliphatic rings. The van der Waals surface area contributed by atoms with Crippen molar-refractivity contribution < 1.29 is 28.6 Å². The van der Waals surface area contributed by atoms with Crippen LogP contribution in [0.2, 0.25) is 0 Å². The Bertz CT molecular complexity index is 1520. The average Bonchev–Trinajstić information content (AvgIpc) is 3.41. The largest absolute Gasteiger partial charge is 0.462 e. The van der Waals surface area contributed by atoms with Crippen LogP contribution in [-0.2, 0) is 28.6 Å². The number of hydrogen-bond acceptors (Lipinski definition) is 6. The van der Waals surface area contributed by atoms with Gasteiger partial charge in [-0.2, -0.15) is 0 Å². The van der Waals surface area contributed by atoms with Crippen molar-refractivity contribution in [2.24, 2.45) is 0 Å². The van der Waals surface area contributed by atoms with E-state index in [0.29, 0.717) is 19.3 Å². The standard InChI is InChI=1S/C69H116O6/c1-4-7-10-13-15-17-19-21-23-25-26-27-28-29-30-31-32-33-34-35-36-37-38-39-40-41-42-44-45-47-49-51-53-56-59-62-68(71)74-65-66(64-73-67(70)61-58-55-12-9-6-3)75-69(72)63-60-57-54-52-50-48-46-43-24-22-20-18-16-14-11-8-5-2/h7,10,15,17,21-24,26-27,29-30,32-33,35-36,38-39,66H,4-6,8-9,11-14,16,18-20,25,28,31,34,37,40-65H2,1-3H3/b10-7-,17-15-,23-21-,24-22-,27-26-,30-29-,33-32-,36-35-,39-38-. The molecule has 1 atom stereocenters. The van der Waals surface area contributed by atoms with Crippen LogP contribution < -0.4 is 0 Å². The van der Waals surface area contributed by atoms with Gasteiger partial charge in [0.05, 0.1) is 0 Å². The van der Waals surface area contributed by atoms with Crippen molar-refractivity contribution in [3.8, 4) is 0 Å². The summed E-state index contributed by atoms with van der Waals surface area (Å²) in [5.41, 5.74) is 0. The maximum absolute atomic E-state index is 12.8. The second-order valence-electron chi connectivity index (χ2n) is 20.6. The van der Waals surface area contributed by atoms with Gasteiger partial charge in [-0.3, -0.25) is 14.4 Å². The van der Waals surface area contributed by atoms with Crippen molar-refractivity contribution in [2.45, 2.75) is 297 Å². The Balaban J connectivity index is 4.03. The van der Waals surface area contributed by atoms with Crippen LogP contribution in [-0.4, -0.2) is 37.2 Å². The van der Waals surface area contributed by atoms with Crippen LogP contribution in [0.5, 0.6) is 0 Å². The Kier molecular flexibility index (Phi) is 59.3. The number of esters is 3. The van der Waals surface area contributed by atoms with Crippen LogP contribution in [0.1, 0.15) is 290 Å². The Morgan fingerprint density at radius 3 is 0.827 bits per heavy atom. The van der Waals surface area contributed by atoms with E-state index in [1.54, 1.807) is 0 Å². The molecule has 6 heteroatoms. The van der Waals surface area contributed by atoms with E-state index in [1.165, 1.54) is 135 Å². The summed E-state index contributed by atoms with van der Waals surface area (Å²) >= 11 is 0. The van der Waals surface area contributed by atoms with E-state index < -0.39 is 6.10 Å². The zero-order valence-corrected chi connectivity index (χ0v) is 49.0. The zero-order chi connectivity index (χ0) is 54.3. The van der Waals surface area contributed by atoms with E-state index in [9.17, 15) is 14.4 Å². The summed E-state index contributed by atoms with van der Waals surface area (Å²) in [4.78, 5) is 37.9. The molecule has 0 rings (SSSR count). The predicted molar refractivity (Wildman–Crippen MR) is 325 cm³/mol. The van der Waals surface area contributed by atoms with Crippen LogP contribution >= 0.6 is 0 Å². The first-order valence-corrected chi connectivity index (χ1v) is 31.4. The van der Waals surface area contributed by atoms with Crippen molar-refractivity contribution in [3.63, 3.8) is 0 Å². The summed E-state index contributed by atoms with van der Waals surface area (Å²) in [7, 11) is 0. The first-order chi connectivity index (χ1) is 37.0. The molecule has 0 saturated carbocycles. The highest BCUT2D eigenvalue weighted by Gasteiger charge is 2.19. The first kappa shape index (κ1) is 71.1. The third-order valence-corrected chi connectivity index (χ3v) is 13.3. The lowest BCUT2D eigenvalue weighted by Gasteiger charge is -2.18. The van der Waals surface area contributed by atoms with Gasteiger partial charge in [0.1, 0.15) is 13.2 Å². The SMILES string of the molecule is CC/C=C\C/C=C\C/C=C\C/C=C\C/C=C\C/C=C\C/C=C\C/C=C\CCCCCCCCCCCCC(=O)OCC(COC(=O)CCCCCCC)OC(=O)CCCCCCCCC/C=C\CCCCCCCC. The van der Waals surface area contributed by atoms with Gasteiger partial charge >= 0.3 is 17.9 Å². The maximum atomic E-state index is 12.8. The maximum Gasteiger partial charge on any atom is 0.306 e. The molecular formula is C69H116O6. The quantitative estimate of drug-likeness (QED) is 0.0261. The highest BCUT2D eigenvalue weighted by Crippen LogP contribution is 2.15. The molecule has 0 aromatic carbocycles. The Morgan fingerprint density at radius 1 is 0.280 bits per heavy atom. The second-order valence-corrected chi connectivity index (χ2v) is 20.6. The Labute approximate surface area is 463 Å². The van der Waals surface area contributed by atoms with Gasteiger partial charge in [-0.05, 0) is 109 Å². The fourth-order valence-electron chi connectivity index (χ4n) is 8.57. The van der Waals surface area contributed by atoms with E-state index in [2.05, 4.69) is 130 Å². The molecule has 0 fully saturated rings. The molecule has 0 aliphatic heterocycles. The summed E-state index contributed by atoms with van der Waals surface area (Å²) in [5, 5.41) is 0. The van der Waals surface area contributed by atoms with E-state index in [1.807, 2.05) is 0 Å². The number of unbranched alkanes of at least 4 members (excludes halogenated alkanes) is 27. The molecule has 0 N–H and O–H groups in total. The minimum atomic E-state index is -0.778. The summed E-state index contributed by atoms with van der Waals surface area (Å²) in [6.45, 7) is 6.44. The summed E-state index contributed by atoms with van der Waals surface area (Å²) in [5.74, 6) is -0.899. The number of carbonyl (C=O) groups excluding carboxylic acids is 3. The normalized spacial score (nSPS) is 12.8. The Hall–Kier alpha value is -3.93. The fraction of sp³-hybridized carbons (Fsp3) is 0.696. The fourth-order valence-corrected chi connectivity index (χ4v) is 8.57. The highest BCUT2D eigenvalue weighted by molar-refractivity contribution is 5.71. The summed E-state index contributed by atoms with van der Waals surface area (Å²) in [6, 6.07) is 0. The predicted octanol–water partition coefficient (Wildman–Crippen LogP) is 21.4. The first-order valence-electron chi connectivity index (χ1n) is 31.4. The molecule has 428 valence electrons. The van der Waals surface area contributed by atoms with E-state index in [-0.39, 0.29) is 31.1 Å². The lowest BCUT2D eigenvalue weighted by Crippen LogP contribution is -2.30. The molecular weight excluding hydrogens is 925 g/mol. The van der Waals surface area contributed by atoms with Crippen molar-refractivity contribution in [3.05, 3.63) is 109 Å². The van der Waals surface area contributed by atoms with Crippen molar-refractivity contribution in [2.75, 3.05) is 13.2 Å². The minimum absolute atomic E-state index is 0.0801.